The molecular weight excluding hydrogens is 239 g/mol. The first-order valence-corrected chi connectivity index (χ1v) is 4.87. The number of amides is 1. The molecule has 0 aromatic rings. The minimum Gasteiger partial charge on any atom is -0.350 e. The molecule has 3 nitrogen and oxygen atoms in total. The Labute approximate surface area is 84.9 Å². The van der Waals surface area contributed by atoms with Crippen LogP contribution in [0.25, 0.3) is 0 Å². The smallest absolute Gasteiger partial charge is 0.237 e. The lowest BCUT2D eigenvalue weighted by atomic mass is 10.2. The summed E-state index contributed by atoms with van der Waals surface area (Å²) >= 11 is 3.12. The van der Waals surface area contributed by atoms with Crippen LogP contribution in [0.4, 0.5) is 4.39 Å². The molecule has 0 aromatic carbocycles. The summed E-state index contributed by atoms with van der Waals surface area (Å²) in [5.41, 5.74) is 0. The minimum atomic E-state index is -0.900. The number of nitrogens with one attached hydrogen (secondary N) is 2. The van der Waals surface area contributed by atoms with Gasteiger partial charge in [-0.3, -0.25) is 4.79 Å². The third-order valence-electron chi connectivity index (χ3n) is 1.85. The molecule has 1 amide bonds. The van der Waals surface area contributed by atoms with Crippen molar-refractivity contribution in [2.75, 3.05) is 13.1 Å². The van der Waals surface area contributed by atoms with Crippen molar-refractivity contribution in [3.8, 4) is 0 Å². The van der Waals surface area contributed by atoms with Crippen LogP contribution in [0.3, 0.4) is 0 Å². The maximum absolute atomic E-state index is 12.7. The second-order valence-corrected chi connectivity index (χ2v) is 4.15. The average Bonchev–Trinajstić information content (AvgIpc) is 2.47. The molecule has 2 N–H and O–H groups in total. The van der Waals surface area contributed by atoms with Crippen molar-refractivity contribution < 1.29 is 9.18 Å². The Kier molecular flexibility index (Phi) is 3.87. The zero-order valence-corrected chi connectivity index (χ0v) is 8.73. The van der Waals surface area contributed by atoms with Crippen LogP contribution in [0.5, 0.6) is 0 Å². The van der Waals surface area contributed by atoms with Gasteiger partial charge >= 0.3 is 0 Å². The maximum Gasteiger partial charge on any atom is 0.237 e. The first-order valence-electron chi connectivity index (χ1n) is 4.08. The van der Waals surface area contributed by atoms with E-state index < -0.39 is 6.17 Å². The Balaban J connectivity index is 2.27. The molecule has 0 radical (unpaired) electrons. The SMILES string of the molecule is C=C(Br)CNC(=O)[C@H]1C[C@H](F)CN1. The van der Waals surface area contributed by atoms with Crippen molar-refractivity contribution >= 4 is 21.8 Å². The van der Waals surface area contributed by atoms with Gasteiger partial charge in [0, 0.05) is 24.0 Å². The van der Waals surface area contributed by atoms with E-state index in [1.165, 1.54) is 0 Å². The van der Waals surface area contributed by atoms with E-state index in [1.54, 1.807) is 0 Å². The number of rotatable bonds is 3. The highest BCUT2D eigenvalue weighted by atomic mass is 79.9. The van der Waals surface area contributed by atoms with Gasteiger partial charge in [0.25, 0.3) is 0 Å². The van der Waals surface area contributed by atoms with Crippen molar-refractivity contribution in [3.63, 3.8) is 0 Å². The highest BCUT2D eigenvalue weighted by Crippen LogP contribution is 2.09. The van der Waals surface area contributed by atoms with Crippen molar-refractivity contribution in [2.45, 2.75) is 18.6 Å². The maximum atomic E-state index is 12.7. The lowest BCUT2D eigenvalue weighted by Gasteiger charge is -2.09. The molecule has 1 rings (SSSR count). The van der Waals surface area contributed by atoms with Crippen LogP contribution in [0, 0.1) is 0 Å². The Bertz CT molecular complexity index is 222. The number of halogens is 2. The summed E-state index contributed by atoms with van der Waals surface area (Å²) < 4.78 is 13.4. The van der Waals surface area contributed by atoms with Crippen molar-refractivity contribution in [1.82, 2.24) is 10.6 Å². The van der Waals surface area contributed by atoms with Crippen LogP contribution in [-0.2, 0) is 4.79 Å². The van der Waals surface area contributed by atoms with Crippen molar-refractivity contribution in [3.05, 3.63) is 11.1 Å². The van der Waals surface area contributed by atoms with Crippen molar-refractivity contribution in [2.24, 2.45) is 0 Å². The standard InChI is InChI=1S/C8H12BrFN2O/c1-5(9)3-12-8(13)7-2-6(10)4-11-7/h6-7,11H,1-4H2,(H,12,13)/t6-,7+/m0/s1. The van der Waals surface area contributed by atoms with Gasteiger partial charge in [0.05, 0.1) is 6.04 Å². The fraction of sp³-hybridized carbons (Fsp3) is 0.625. The molecule has 0 bridgehead atoms. The molecule has 74 valence electrons. The van der Waals surface area contributed by atoms with E-state index in [-0.39, 0.29) is 24.9 Å². The number of carbonyl (C=O) groups excluding carboxylic acids is 1. The van der Waals surface area contributed by atoms with Gasteiger partial charge in [-0.25, -0.2) is 4.39 Å². The monoisotopic (exact) mass is 250 g/mol. The van der Waals surface area contributed by atoms with E-state index in [9.17, 15) is 9.18 Å². The van der Waals surface area contributed by atoms with E-state index in [0.717, 1.165) is 0 Å². The molecule has 5 heteroatoms. The minimum absolute atomic E-state index is 0.166. The predicted molar refractivity (Wildman–Crippen MR) is 52.4 cm³/mol. The third-order valence-corrected chi connectivity index (χ3v) is 2.13. The summed E-state index contributed by atoms with van der Waals surface area (Å²) in [6, 6.07) is -0.387. The van der Waals surface area contributed by atoms with Gasteiger partial charge < -0.3 is 10.6 Å². The number of alkyl halides is 1. The zero-order chi connectivity index (χ0) is 9.84. The normalized spacial score (nSPS) is 27.2. The molecule has 0 unspecified atom stereocenters. The second kappa shape index (κ2) is 4.72. The molecule has 1 heterocycles. The van der Waals surface area contributed by atoms with Crippen LogP contribution in [0.2, 0.25) is 0 Å². The van der Waals surface area contributed by atoms with Gasteiger partial charge in [0.1, 0.15) is 6.17 Å². The summed E-state index contributed by atoms with van der Waals surface area (Å²) in [6.07, 6.45) is -0.636. The van der Waals surface area contributed by atoms with E-state index in [2.05, 4.69) is 33.1 Å². The largest absolute Gasteiger partial charge is 0.350 e. The van der Waals surface area contributed by atoms with Crippen LogP contribution in [0.1, 0.15) is 6.42 Å². The Morgan fingerprint density at radius 3 is 2.92 bits per heavy atom. The summed E-state index contributed by atoms with van der Waals surface area (Å²) in [5, 5.41) is 5.43. The van der Waals surface area contributed by atoms with E-state index in [0.29, 0.717) is 11.0 Å². The van der Waals surface area contributed by atoms with Crippen LogP contribution >= 0.6 is 15.9 Å². The highest BCUT2D eigenvalue weighted by molar-refractivity contribution is 9.11. The van der Waals surface area contributed by atoms with Gasteiger partial charge in [0.2, 0.25) is 5.91 Å². The van der Waals surface area contributed by atoms with Gasteiger partial charge in [-0.15, -0.1) is 0 Å². The molecular formula is C8H12BrFN2O. The van der Waals surface area contributed by atoms with E-state index in [1.807, 2.05) is 0 Å². The van der Waals surface area contributed by atoms with Crippen molar-refractivity contribution in [1.29, 1.82) is 0 Å². The Morgan fingerprint density at radius 1 is 1.77 bits per heavy atom. The molecule has 0 aliphatic carbocycles. The number of hydrogen-bond donors (Lipinski definition) is 2. The Morgan fingerprint density at radius 2 is 2.46 bits per heavy atom. The van der Waals surface area contributed by atoms with Crippen LogP contribution in [0.15, 0.2) is 11.1 Å². The molecule has 0 spiro atoms. The van der Waals surface area contributed by atoms with E-state index in [4.69, 9.17) is 0 Å². The van der Waals surface area contributed by atoms with E-state index >= 15 is 0 Å². The lowest BCUT2D eigenvalue weighted by molar-refractivity contribution is -0.122. The first kappa shape index (κ1) is 10.7. The fourth-order valence-corrected chi connectivity index (χ4v) is 1.34. The topological polar surface area (TPSA) is 41.1 Å². The van der Waals surface area contributed by atoms with Gasteiger partial charge in [-0.05, 0) is 0 Å². The summed E-state index contributed by atoms with van der Waals surface area (Å²) in [5.74, 6) is -0.166. The molecule has 1 aliphatic heterocycles. The third kappa shape index (κ3) is 3.44. The average molecular weight is 251 g/mol. The number of carbonyl (C=O) groups is 1. The molecule has 0 aromatic heterocycles. The van der Waals surface area contributed by atoms with Gasteiger partial charge in [0.15, 0.2) is 0 Å². The summed E-state index contributed by atoms with van der Waals surface area (Å²) in [4.78, 5) is 11.3. The first-order chi connectivity index (χ1) is 6.09. The molecule has 0 saturated carbocycles. The van der Waals surface area contributed by atoms with Crippen LogP contribution < -0.4 is 10.6 Å². The molecule has 1 saturated heterocycles. The predicted octanol–water partition coefficient (Wildman–Crippen LogP) is 0.711. The molecule has 13 heavy (non-hydrogen) atoms. The lowest BCUT2D eigenvalue weighted by Crippen LogP contribution is -2.40. The Hall–Kier alpha value is -0.420. The summed E-state index contributed by atoms with van der Waals surface area (Å²) in [6.45, 7) is 4.23. The molecule has 1 fully saturated rings. The van der Waals surface area contributed by atoms with Gasteiger partial charge in [-0.1, -0.05) is 22.5 Å². The fourth-order valence-electron chi connectivity index (χ4n) is 1.20. The molecule has 1 aliphatic rings. The molecule has 2 atom stereocenters. The number of hydrogen-bond acceptors (Lipinski definition) is 2. The summed E-state index contributed by atoms with van der Waals surface area (Å²) in [7, 11) is 0. The second-order valence-electron chi connectivity index (χ2n) is 3.03. The highest BCUT2D eigenvalue weighted by Gasteiger charge is 2.28. The zero-order valence-electron chi connectivity index (χ0n) is 7.15. The van der Waals surface area contributed by atoms with Gasteiger partial charge in [-0.2, -0.15) is 0 Å². The quantitative estimate of drug-likeness (QED) is 0.775. The van der Waals surface area contributed by atoms with Crippen LogP contribution in [-0.4, -0.2) is 31.2 Å².